The number of hydrogen-bond acceptors (Lipinski definition) is 6. The normalized spacial score (nSPS) is 17.8. The molecule has 1 saturated heterocycles. The Morgan fingerprint density at radius 1 is 0.931 bits per heavy atom. The van der Waals surface area contributed by atoms with Crippen LogP contribution in [0.2, 0.25) is 0 Å². The van der Waals surface area contributed by atoms with Gasteiger partial charge in [-0.25, -0.2) is 9.97 Å². The molecule has 0 spiro atoms. The third kappa shape index (κ3) is 3.25. The van der Waals surface area contributed by atoms with Crippen molar-refractivity contribution in [2.45, 2.75) is 6.42 Å². The van der Waals surface area contributed by atoms with Gasteiger partial charge in [0.05, 0.1) is 6.42 Å². The number of imide groups is 1. The number of hydrogen-bond donors (Lipinski definition) is 1. The lowest BCUT2D eigenvalue weighted by Gasteiger charge is -2.35. The van der Waals surface area contributed by atoms with Crippen LogP contribution in [0.4, 0.5) is 5.95 Å². The van der Waals surface area contributed by atoms with Crippen molar-refractivity contribution in [2.24, 2.45) is 0 Å². The van der Waals surface area contributed by atoms with Crippen LogP contribution in [0.25, 0.3) is 10.9 Å². The number of fused-ring (bicyclic) bond motifs is 3. The highest BCUT2D eigenvalue weighted by Crippen LogP contribution is 2.28. The van der Waals surface area contributed by atoms with E-state index >= 15 is 0 Å². The van der Waals surface area contributed by atoms with Gasteiger partial charge in [0.1, 0.15) is 5.69 Å². The van der Waals surface area contributed by atoms with Crippen LogP contribution in [0.1, 0.15) is 16.1 Å². The molecule has 3 aromatic rings. The van der Waals surface area contributed by atoms with Crippen molar-refractivity contribution < 1.29 is 9.59 Å². The molecule has 2 aliphatic heterocycles. The summed E-state index contributed by atoms with van der Waals surface area (Å²) in [4.78, 5) is 43.2. The molecule has 29 heavy (non-hydrogen) atoms. The molecule has 5 rings (SSSR count). The standard InChI is InChI=1S/C21H22N6O2/c28-18-14-16-15-4-1-2-5-17(15)24-19(16)20(29)27(18)13-10-25-8-11-26(12-9-25)21-22-6-3-7-23-21/h1-7,24H,8-14H2. The zero-order valence-electron chi connectivity index (χ0n) is 16.0. The molecule has 8 nitrogen and oxygen atoms in total. The maximum absolute atomic E-state index is 12.9. The summed E-state index contributed by atoms with van der Waals surface area (Å²) >= 11 is 0. The SMILES string of the molecule is O=C1Cc2c([nH]c3ccccc23)C(=O)N1CCN1CCN(c2ncccn2)CC1. The summed E-state index contributed by atoms with van der Waals surface area (Å²) in [7, 11) is 0. The van der Waals surface area contributed by atoms with Crippen LogP contribution in [0.3, 0.4) is 0 Å². The van der Waals surface area contributed by atoms with E-state index in [1.165, 1.54) is 4.90 Å². The van der Waals surface area contributed by atoms with E-state index in [0.717, 1.165) is 48.6 Å². The number of aromatic amines is 1. The molecule has 0 bridgehead atoms. The Morgan fingerprint density at radius 3 is 2.48 bits per heavy atom. The molecule has 0 unspecified atom stereocenters. The second kappa shape index (κ2) is 7.29. The second-order valence-corrected chi connectivity index (χ2v) is 7.43. The van der Waals surface area contributed by atoms with E-state index in [1.54, 1.807) is 12.4 Å². The van der Waals surface area contributed by atoms with Crippen LogP contribution >= 0.6 is 0 Å². The number of aromatic nitrogens is 3. The van der Waals surface area contributed by atoms with Crippen LogP contribution in [0.15, 0.2) is 42.7 Å². The molecule has 0 radical (unpaired) electrons. The molecule has 0 atom stereocenters. The number of anilines is 1. The average molecular weight is 390 g/mol. The van der Waals surface area contributed by atoms with Crippen LogP contribution in [0, 0.1) is 0 Å². The van der Waals surface area contributed by atoms with Crippen LogP contribution in [0.5, 0.6) is 0 Å². The van der Waals surface area contributed by atoms with Gasteiger partial charge in [-0.2, -0.15) is 0 Å². The lowest BCUT2D eigenvalue weighted by atomic mass is 10.0. The minimum atomic E-state index is -0.219. The molecule has 1 fully saturated rings. The number of amides is 2. The third-order valence-electron chi connectivity index (χ3n) is 5.75. The number of benzene rings is 1. The molecule has 4 heterocycles. The van der Waals surface area contributed by atoms with Crippen molar-refractivity contribution in [1.82, 2.24) is 24.8 Å². The van der Waals surface area contributed by atoms with Gasteiger partial charge in [0.25, 0.3) is 5.91 Å². The maximum Gasteiger partial charge on any atom is 0.277 e. The average Bonchev–Trinajstić information content (AvgIpc) is 3.13. The third-order valence-corrected chi connectivity index (χ3v) is 5.75. The monoisotopic (exact) mass is 390 g/mol. The van der Waals surface area contributed by atoms with Gasteiger partial charge in [0, 0.05) is 62.6 Å². The highest BCUT2D eigenvalue weighted by molar-refractivity contribution is 6.12. The first-order valence-electron chi connectivity index (χ1n) is 9.89. The number of nitrogens with one attached hydrogen (secondary N) is 1. The molecule has 1 N–H and O–H groups in total. The molecule has 148 valence electrons. The van der Waals surface area contributed by atoms with Gasteiger partial charge in [-0.1, -0.05) is 18.2 Å². The summed E-state index contributed by atoms with van der Waals surface area (Å²) in [6.45, 7) is 4.46. The molecule has 2 aromatic heterocycles. The van der Waals surface area contributed by atoms with Gasteiger partial charge < -0.3 is 9.88 Å². The van der Waals surface area contributed by atoms with Crippen molar-refractivity contribution in [1.29, 1.82) is 0 Å². The number of piperazine rings is 1. The fraction of sp³-hybridized carbons (Fsp3) is 0.333. The number of H-pyrrole nitrogens is 1. The number of para-hydroxylation sites is 1. The van der Waals surface area contributed by atoms with Gasteiger partial charge in [0.15, 0.2) is 0 Å². The van der Waals surface area contributed by atoms with Crippen molar-refractivity contribution >= 4 is 28.7 Å². The minimum absolute atomic E-state index is 0.122. The fourth-order valence-corrected chi connectivity index (χ4v) is 4.15. The van der Waals surface area contributed by atoms with E-state index in [9.17, 15) is 9.59 Å². The van der Waals surface area contributed by atoms with Crippen LogP contribution in [-0.2, 0) is 11.2 Å². The summed E-state index contributed by atoms with van der Waals surface area (Å²) in [6, 6.07) is 9.56. The van der Waals surface area contributed by atoms with Gasteiger partial charge in [-0.05, 0) is 17.7 Å². The molecule has 1 aromatic carbocycles. The predicted molar refractivity (Wildman–Crippen MR) is 109 cm³/mol. The molecule has 8 heteroatoms. The number of carbonyl (C=O) groups is 2. The first-order chi connectivity index (χ1) is 14.2. The first-order valence-corrected chi connectivity index (χ1v) is 9.89. The Bertz CT molecular complexity index is 1060. The van der Waals surface area contributed by atoms with Crippen molar-refractivity contribution in [3.63, 3.8) is 0 Å². The summed E-state index contributed by atoms with van der Waals surface area (Å²) in [5, 5.41) is 0.961. The van der Waals surface area contributed by atoms with Crippen molar-refractivity contribution in [2.75, 3.05) is 44.2 Å². The topological polar surface area (TPSA) is 85.4 Å². The smallest absolute Gasteiger partial charge is 0.277 e. The highest BCUT2D eigenvalue weighted by Gasteiger charge is 2.34. The number of carbonyl (C=O) groups excluding carboxylic acids is 2. The molecular weight excluding hydrogens is 368 g/mol. The van der Waals surface area contributed by atoms with E-state index in [4.69, 9.17) is 0 Å². The van der Waals surface area contributed by atoms with Crippen LogP contribution in [-0.4, -0.2) is 75.8 Å². The lowest BCUT2D eigenvalue weighted by Crippen LogP contribution is -2.51. The zero-order chi connectivity index (χ0) is 19.8. The van der Waals surface area contributed by atoms with Gasteiger partial charge in [-0.3, -0.25) is 19.4 Å². The van der Waals surface area contributed by atoms with E-state index < -0.39 is 0 Å². The largest absolute Gasteiger partial charge is 0.350 e. The van der Waals surface area contributed by atoms with Crippen molar-refractivity contribution in [3.05, 3.63) is 54.0 Å². The second-order valence-electron chi connectivity index (χ2n) is 7.43. The molecule has 2 amide bonds. The maximum atomic E-state index is 12.9. The lowest BCUT2D eigenvalue weighted by molar-refractivity contribution is -0.128. The fourth-order valence-electron chi connectivity index (χ4n) is 4.15. The number of nitrogens with zero attached hydrogens (tertiary/aromatic N) is 5. The Balaban J connectivity index is 1.23. The summed E-state index contributed by atoms with van der Waals surface area (Å²) in [6.07, 6.45) is 3.77. The van der Waals surface area contributed by atoms with E-state index in [0.29, 0.717) is 18.8 Å². The Kier molecular flexibility index (Phi) is 4.48. The Labute approximate surface area is 168 Å². The Hall–Kier alpha value is -3.26. The zero-order valence-corrected chi connectivity index (χ0v) is 16.0. The minimum Gasteiger partial charge on any atom is -0.350 e. The Morgan fingerprint density at radius 2 is 1.69 bits per heavy atom. The molecule has 0 saturated carbocycles. The van der Waals surface area contributed by atoms with Crippen molar-refractivity contribution in [3.8, 4) is 0 Å². The van der Waals surface area contributed by atoms with E-state index in [1.807, 2.05) is 30.3 Å². The molecular formula is C21H22N6O2. The van der Waals surface area contributed by atoms with E-state index in [2.05, 4.69) is 24.8 Å². The van der Waals surface area contributed by atoms with Gasteiger partial charge >= 0.3 is 0 Å². The van der Waals surface area contributed by atoms with E-state index in [-0.39, 0.29) is 18.2 Å². The van der Waals surface area contributed by atoms with Gasteiger partial charge in [0.2, 0.25) is 11.9 Å². The summed E-state index contributed by atoms with van der Waals surface area (Å²) in [5.74, 6) is 0.409. The summed E-state index contributed by atoms with van der Waals surface area (Å²) in [5.41, 5.74) is 2.28. The molecule has 2 aliphatic rings. The first kappa shape index (κ1) is 17.8. The van der Waals surface area contributed by atoms with Crippen LogP contribution < -0.4 is 4.90 Å². The predicted octanol–water partition coefficient (Wildman–Crippen LogP) is 1.30. The van der Waals surface area contributed by atoms with Gasteiger partial charge in [-0.15, -0.1) is 0 Å². The number of rotatable bonds is 4. The molecule has 0 aliphatic carbocycles. The summed E-state index contributed by atoms with van der Waals surface area (Å²) < 4.78 is 0. The highest BCUT2D eigenvalue weighted by atomic mass is 16.2. The quantitative estimate of drug-likeness (QED) is 0.676.